The highest BCUT2D eigenvalue weighted by molar-refractivity contribution is 5.95. The fourth-order valence-electron chi connectivity index (χ4n) is 10.4. The highest BCUT2D eigenvalue weighted by Gasteiger charge is 2.27. The number of fused-ring (bicyclic) bond motifs is 4. The second-order valence-corrected chi connectivity index (χ2v) is 19.6. The predicted molar refractivity (Wildman–Crippen MR) is 285 cm³/mol. The Bertz CT molecular complexity index is 3330. The Hall–Kier alpha value is -8.43. The van der Waals surface area contributed by atoms with Crippen molar-refractivity contribution in [3.05, 3.63) is 178 Å². The molecule has 0 saturated carbocycles. The van der Waals surface area contributed by atoms with E-state index in [1.807, 2.05) is 59.8 Å². The molecule has 388 valence electrons. The number of hydrogen-bond donors (Lipinski definition) is 0. The van der Waals surface area contributed by atoms with E-state index in [0.29, 0.717) is 67.7 Å². The summed E-state index contributed by atoms with van der Waals surface area (Å²) < 4.78 is 50.9. The molecule has 0 bridgehead atoms. The van der Waals surface area contributed by atoms with Gasteiger partial charge in [-0.2, -0.15) is 0 Å². The van der Waals surface area contributed by atoms with Gasteiger partial charge in [-0.1, -0.05) is 87.4 Å². The third-order valence-corrected chi connectivity index (χ3v) is 14.3. The molecule has 15 nitrogen and oxygen atoms in total. The number of benzene rings is 6. The van der Waals surface area contributed by atoms with E-state index >= 15 is 4.79 Å². The normalized spacial score (nSPS) is 13.5. The third kappa shape index (κ3) is 10.3. The predicted octanol–water partition coefficient (Wildman–Crippen LogP) is 11.6. The standard InChI is InChI=1S/C61H60N6O9/c1-3-5-21-66-49(35-64(32-42-15-18-51-54(25-42)72-37-69-51)33-43-16-19-52-55(26-43)73-38-70-52)30-63-60(66)45-14-10-11-41(23-45)24-47-28-57-58(76-40-75-57)29-48(47)34-65(61(68)46-17-20-53-56(27-46)74-39-71-53)36-50-31-62-59(67(50)22-6-4-2)44-12-8-7-9-13-44/h7-20,23,25-31H,3-6,21-22,24,32-40H2,1-2H3. The van der Waals surface area contributed by atoms with E-state index in [1.54, 1.807) is 12.1 Å². The molecular formula is C61H60N6O9. The Kier molecular flexibility index (Phi) is 13.9. The minimum Gasteiger partial charge on any atom is -0.454 e. The lowest BCUT2D eigenvalue weighted by Crippen LogP contribution is -2.31. The Morgan fingerprint density at radius 1 is 0.474 bits per heavy atom. The van der Waals surface area contributed by atoms with Gasteiger partial charge in [0.25, 0.3) is 5.91 Å². The van der Waals surface area contributed by atoms with Crippen molar-refractivity contribution in [3.8, 4) is 68.8 Å². The van der Waals surface area contributed by atoms with Crippen LogP contribution in [0.25, 0.3) is 22.8 Å². The molecule has 15 heteroatoms. The lowest BCUT2D eigenvalue weighted by Gasteiger charge is -2.26. The first-order chi connectivity index (χ1) is 37.4. The molecule has 4 aliphatic rings. The number of nitrogens with zero attached hydrogens (tertiary/aromatic N) is 6. The Balaban J connectivity index is 0.857. The SMILES string of the molecule is CCCCn1c(CN(Cc2ccc3c(c2)OCO3)Cc2ccc3c(c2)OCO3)cnc1-c1cccc(Cc2cc3c(cc2CN(Cc2cnc(-c4ccccc4)n2CCCC)C(=O)c2ccc4c(c2)OCO4)OCO3)c1. The van der Waals surface area contributed by atoms with Crippen LogP contribution in [0.15, 0.2) is 134 Å². The maximum Gasteiger partial charge on any atom is 0.254 e. The van der Waals surface area contributed by atoms with Crippen LogP contribution in [0.1, 0.15) is 89.1 Å². The molecule has 0 atom stereocenters. The summed E-state index contributed by atoms with van der Waals surface area (Å²) in [6.07, 6.45) is 8.52. The van der Waals surface area contributed by atoms with Crippen LogP contribution in [0.3, 0.4) is 0 Å². The minimum atomic E-state index is -0.145. The van der Waals surface area contributed by atoms with Gasteiger partial charge >= 0.3 is 0 Å². The van der Waals surface area contributed by atoms with Crippen LogP contribution in [0.4, 0.5) is 0 Å². The van der Waals surface area contributed by atoms with E-state index in [1.165, 1.54) is 0 Å². The van der Waals surface area contributed by atoms with Crippen molar-refractivity contribution >= 4 is 5.91 Å². The molecule has 0 spiro atoms. The molecule has 0 fully saturated rings. The summed E-state index contributed by atoms with van der Waals surface area (Å²) >= 11 is 0. The maximum absolute atomic E-state index is 15.0. The molecule has 0 unspecified atom stereocenters. The Morgan fingerprint density at radius 2 is 0.987 bits per heavy atom. The quantitative estimate of drug-likeness (QED) is 0.0678. The summed E-state index contributed by atoms with van der Waals surface area (Å²) in [5, 5.41) is 0. The summed E-state index contributed by atoms with van der Waals surface area (Å²) in [7, 11) is 0. The molecule has 6 aromatic carbocycles. The second kappa shape index (κ2) is 21.8. The van der Waals surface area contributed by atoms with Gasteiger partial charge in [-0.25, -0.2) is 9.97 Å². The van der Waals surface area contributed by atoms with Gasteiger partial charge in [0.15, 0.2) is 46.0 Å². The molecule has 76 heavy (non-hydrogen) atoms. The smallest absolute Gasteiger partial charge is 0.254 e. The number of hydrogen-bond acceptors (Lipinski definition) is 12. The van der Waals surface area contributed by atoms with E-state index < -0.39 is 0 Å². The van der Waals surface area contributed by atoms with Crippen molar-refractivity contribution in [2.24, 2.45) is 0 Å². The molecule has 12 rings (SSSR count). The van der Waals surface area contributed by atoms with E-state index in [-0.39, 0.29) is 33.1 Å². The molecule has 1 amide bonds. The average Bonchev–Trinajstić information content (AvgIpc) is 4.35. The Morgan fingerprint density at radius 3 is 1.59 bits per heavy atom. The average molecular weight is 1020 g/mol. The lowest BCUT2D eigenvalue weighted by molar-refractivity contribution is 0.0725. The molecule has 4 aliphatic heterocycles. The van der Waals surface area contributed by atoms with Gasteiger partial charge in [-0.15, -0.1) is 0 Å². The zero-order valence-electron chi connectivity index (χ0n) is 42.9. The third-order valence-electron chi connectivity index (χ3n) is 14.3. The number of aromatic nitrogens is 4. The molecule has 6 heterocycles. The summed E-state index contributed by atoms with van der Waals surface area (Å²) in [5.41, 5.74) is 9.92. The van der Waals surface area contributed by atoms with Crippen molar-refractivity contribution in [2.75, 3.05) is 27.2 Å². The van der Waals surface area contributed by atoms with Crippen LogP contribution in [0.5, 0.6) is 46.0 Å². The van der Waals surface area contributed by atoms with Gasteiger partial charge in [-0.3, -0.25) is 9.69 Å². The largest absolute Gasteiger partial charge is 0.454 e. The van der Waals surface area contributed by atoms with Gasteiger partial charge in [0.05, 0.1) is 30.3 Å². The molecule has 0 aliphatic carbocycles. The van der Waals surface area contributed by atoms with E-state index in [9.17, 15) is 0 Å². The number of carbonyl (C=O) groups excluding carboxylic acids is 1. The zero-order valence-corrected chi connectivity index (χ0v) is 42.9. The number of amides is 1. The van der Waals surface area contributed by atoms with Crippen LogP contribution >= 0.6 is 0 Å². The zero-order chi connectivity index (χ0) is 51.4. The lowest BCUT2D eigenvalue weighted by atomic mass is 9.97. The van der Waals surface area contributed by atoms with Crippen molar-refractivity contribution in [3.63, 3.8) is 0 Å². The molecule has 2 aromatic heterocycles. The van der Waals surface area contributed by atoms with Crippen LogP contribution in [0, 0.1) is 0 Å². The van der Waals surface area contributed by atoms with Gasteiger partial charge in [0, 0.05) is 56.0 Å². The van der Waals surface area contributed by atoms with Crippen LogP contribution in [0.2, 0.25) is 0 Å². The van der Waals surface area contributed by atoms with Gasteiger partial charge in [0.2, 0.25) is 27.2 Å². The monoisotopic (exact) mass is 1020 g/mol. The van der Waals surface area contributed by atoms with Crippen LogP contribution in [-0.2, 0) is 52.2 Å². The van der Waals surface area contributed by atoms with Crippen molar-refractivity contribution in [1.82, 2.24) is 28.9 Å². The maximum atomic E-state index is 15.0. The first-order valence-electron chi connectivity index (χ1n) is 26.3. The van der Waals surface area contributed by atoms with Crippen molar-refractivity contribution in [2.45, 2.75) is 91.8 Å². The minimum absolute atomic E-state index is 0.115. The van der Waals surface area contributed by atoms with Crippen LogP contribution in [-0.4, -0.2) is 62.0 Å². The van der Waals surface area contributed by atoms with E-state index in [2.05, 4.69) is 94.6 Å². The van der Waals surface area contributed by atoms with Gasteiger partial charge in [0.1, 0.15) is 11.6 Å². The number of ether oxygens (including phenoxy) is 8. The molecule has 0 N–H and O–H groups in total. The molecule has 0 saturated heterocycles. The fraction of sp³-hybridized carbons (Fsp3) is 0.295. The fourth-order valence-corrected chi connectivity index (χ4v) is 10.4. The number of imidazole rings is 2. The van der Waals surface area contributed by atoms with Crippen molar-refractivity contribution < 1.29 is 42.7 Å². The van der Waals surface area contributed by atoms with E-state index in [0.717, 1.165) is 124 Å². The first kappa shape index (κ1) is 48.5. The number of unbranched alkanes of at least 4 members (excludes halogenated alkanes) is 2. The number of carbonyl (C=O) groups is 1. The first-order valence-corrected chi connectivity index (χ1v) is 26.3. The summed E-state index contributed by atoms with van der Waals surface area (Å²) in [6.45, 7) is 9.28. The Labute approximate surface area is 442 Å². The summed E-state index contributed by atoms with van der Waals surface area (Å²) in [4.78, 5) is 29.5. The topological polar surface area (TPSA) is 133 Å². The second-order valence-electron chi connectivity index (χ2n) is 19.6. The van der Waals surface area contributed by atoms with Crippen LogP contribution < -0.4 is 37.9 Å². The van der Waals surface area contributed by atoms with Gasteiger partial charge < -0.3 is 51.9 Å². The summed E-state index contributed by atoms with van der Waals surface area (Å²) in [6, 6.07) is 40.7. The summed E-state index contributed by atoms with van der Waals surface area (Å²) in [5.74, 6) is 7.21. The molecular weight excluding hydrogens is 961 g/mol. The number of rotatable bonds is 21. The van der Waals surface area contributed by atoms with E-state index in [4.69, 9.17) is 47.9 Å². The highest BCUT2D eigenvalue weighted by atomic mass is 16.7. The van der Waals surface area contributed by atoms with Gasteiger partial charge in [-0.05, 0) is 108 Å². The highest BCUT2D eigenvalue weighted by Crippen LogP contribution is 2.39. The molecule has 0 radical (unpaired) electrons. The van der Waals surface area contributed by atoms with Crippen molar-refractivity contribution in [1.29, 1.82) is 0 Å². The molecule has 8 aromatic rings.